The zero-order valence-electron chi connectivity index (χ0n) is 19.6. The van der Waals surface area contributed by atoms with Gasteiger partial charge < -0.3 is 25.2 Å². The maximum atomic E-state index is 10.8. The fourth-order valence-electron chi connectivity index (χ4n) is 7.52. The zero-order chi connectivity index (χ0) is 23.4. The molecule has 0 amide bonds. The van der Waals surface area contributed by atoms with E-state index in [0.717, 1.165) is 0 Å². The fraction of sp³-hybridized carbons (Fsp3) is 0.800. The van der Waals surface area contributed by atoms with E-state index in [9.17, 15) is 15.3 Å². The monoisotopic (exact) mass is 489 g/mol. The van der Waals surface area contributed by atoms with E-state index in [2.05, 4.69) is 20.3 Å². The average molecular weight is 490 g/mol. The minimum absolute atomic E-state index is 0.0118. The van der Waals surface area contributed by atoms with Gasteiger partial charge >= 0.3 is 0 Å². The summed E-state index contributed by atoms with van der Waals surface area (Å²) in [5, 5.41) is 35.2. The largest absolute Gasteiger partial charge is 0.396 e. The van der Waals surface area contributed by atoms with Gasteiger partial charge in [-0.05, 0) is 61.5 Å². The predicted octanol–water partition coefficient (Wildman–Crippen LogP) is 3.70. The van der Waals surface area contributed by atoms with Gasteiger partial charge in [0, 0.05) is 11.5 Å². The Morgan fingerprint density at radius 2 is 1.68 bits per heavy atom. The van der Waals surface area contributed by atoms with Gasteiger partial charge in [0.1, 0.15) is 6.10 Å². The van der Waals surface area contributed by atoms with Gasteiger partial charge in [-0.1, -0.05) is 38.5 Å². The van der Waals surface area contributed by atoms with Crippen molar-refractivity contribution < 1.29 is 15.3 Å². The number of halogens is 1. The highest BCUT2D eigenvalue weighted by atomic mass is 35.5. The average Bonchev–Trinajstić information content (AvgIpc) is 3.39. The molecule has 2 aromatic rings. The first-order chi connectivity index (χ1) is 16.5. The number of aromatic nitrogens is 4. The van der Waals surface area contributed by atoms with Crippen LogP contribution in [-0.2, 0) is 0 Å². The maximum absolute atomic E-state index is 10.8. The molecule has 4 fully saturated rings. The van der Waals surface area contributed by atoms with Crippen LogP contribution in [0.2, 0.25) is 5.28 Å². The Morgan fingerprint density at radius 3 is 2.26 bits per heavy atom. The van der Waals surface area contributed by atoms with Crippen LogP contribution in [0.15, 0.2) is 6.33 Å². The number of fused-ring (bicyclic) bond motifs is 2. The van der Waals surface area contributed by atoms with Crippen molar-refractivity contribution in [1.82, 2.24) is 19.5 Å². The van der Waals surface area contributed by atoms with Crippen LogP contribution >= 0.6 is 11.6 Å². The summed E-state index contributed by atoms with van der Waals surface area (Å²) in [6, 6.07) is -0.0391. The molecule has 5 atom stereocenters. The second-order valence-corrected chi connectivity index (χ2v) is 11.6. The fourth-order valence-corrected chi connectivity index (χ4v) is 7.69. The summed E-state index contributed by atoms with van der Waals surface area (Å²) >= 11 is 6.43. The number of rotatable bonds is 6. The Balaban J connectivity index is 1.34. The second-order valence-electron chi connectivity index (χ2n) is 11.3. The Bertz CT molecular complexity index is 1020. The number of hydrogen-bond acceptors (Lipinski definition) is 7. The second kappa shape index (κ2) is 8.87. The third-order valence-electron chi connectivity index (χ3n) is 9.48. The maximum Gasteiger partial charge on any atom is 0.226 e. The molecule has 0 aromatic carbocycles. The van der Waals surface area contributed by atoms with E-state index in [-0.39, 0.29) is 17.8 Å². The van der Waals surface area contributed by atoms with Gasteiger partial charge in [0.2, 0.25) is 5.28 Å². The van der Waals surface area contributed by atoms with Crippen LogP contribution in [0.25, 0.3) is 11.2 Å². The van der Waals surface area contributed by atoms with Crippen molar-refractivity contribution in [2.24, 2.45) is 23.2 Å². The lowest BCUT2D eigenvalue weighted by Gasteiger charge is -2.38. The quantitative estimate of drug-likeness (QED) is 0.457. The summed E-state index contributed by atoms with van der Waals surface area (Å²) in [4.78, 5) is 13.7. The van der Waals surface area contributed by atoms with Crippen molar-refractivity contribution in [3.05, 3.63) is 11.6 Å². The molecule has 186 valence electrons. The SMILES string of the molecule is OC[C@@]12C[C@@H]1[C@@H](n1cnc3c(NC(C4CCCCC4)C4CCCCC4)nc(Cl)nc31)[C@H](O)[C@@H]2O. The molecule has 8 nitrogen and oxygen atoms in total. The van der Waals surface area contributed by atoms with Crippen LogP contribution in [0.4, 0.5) is 5.82 Å². The lowest BCUT2D eigenvalue weighted by Crippen LogP contribution is -2.39. The van der Waals surface area contributed by atoms with Crippen molar-refractivity contribution in [3.63, 3.8) is 0 Å². The minimum atomic E-state index is -0.981. The molecule has 2 heterocycles. The molecule has 4 saturated carbocycles. The molecule has 6 rings (SSSR count). The molecule has 0 spiro atoms. The summed E-state index contributed by atoms with van der Waals surface area (Å²) in [6.45, 7) is -0.133. The molecule has 9 heteroatoms. The summed E-state index contributed by atoms with van der Waals surface area (Å²) in [5.74, 6) is 1.92. The Hall–Kier alpha value is -1.48. The summed E-state index contributed by atoms with van der Waals surface area (Å²) in [5.41, 5.74) is 0.612. The number of aliphatic hydroxyl groups is 3. The van der Waals surface area contributed by atoms with Crippen LogP contribution in [0.5, 0.6) is 0 Å². The highest BCUT2D eigenvalue weighted by molar-refractivity contribution is 6.28. The van der Waals surface area contributed by atoms with E-state index in [1.165, 1.54) is 64.2 Å². The molecule has 0 aliphatic heterocycles. The van der Waals surface area contributed by atoms with Crippen LogP contribution < -0.4 is 5.32 Å². The van der Waals surface area contributed by atoms with Gasteiger partial charge in [-0.15, -0.1) is 0 Å². The molecule has 2 aromatic heterocycles. The smallest absolute Gasteiger partial charge is 0.226 e. The summed E-state index contributed by atoms with van der Waals surface area (Å²) < 4.78 is 1.84. The number of aliphatic hydroxyl groups excluding tert-OH is 3. The van der Waals surface area contributed by atoms with Gasteiger partial charge in [0.25, 0.3) is 0 Å². The molecule has 4 aliphatic rings. The Labute approximate surface area is 205 Å². The number of nitrogens with one attached hydrogen (secondary N) is 1. The van der Waals surface area contributed by atoms with Crippen LogP contribution in [0.1, 0.15) is 76.7 Å². The van der Waals surface area contributed by atoms with E-state index in [0.29, 0.717) is 41.3 Å². The first-order valence-electron chi connectivity index (χ1n) is 13.2. The van der Waals surface area contributed by atoms with Gasteiger partial charge in [-0.25, -0.2) is 4.98 Å². The first kappa shape index (κ1) is 23.0. The topological polar surface area (TPSA) is 116 Å². The number of anilines is 1. The normalized spacial score (nSPS) is 34.6. The molecule has 0 radical (unpaired) electrons. The van der Waals surface area contributed by atoms with Crippen LogP contribution in [-0.4, -0.2) is 59.7 Å². The predicted molar refractivity (Wildman–Crippen MR) is 130 cm³/mol. The minimum Gasteiger partial charge on any atom is -0.396 e. The first-order valence-corrected chi connectivity index (χ1v) is 13.5. The molecule has 0 bridgehead atoms. The van der Waals surface area contributed by atoms with Crippen LogP contribution in [0.3, 0.4) is 0 Å². The molecule has 0 unspecified atom stereocenters. The molecule has 4 N–H and O–H groups in total. The third kappa shape index (κ3) is 3.64. The van der Waals surface area contributed by atoms with Crippen molar-refractivity contribution in [2.45, 2.75) is 94.9 Å². The van der Waals surface area contributed by atoms with Crippen LogP contribution in [0, 0.1) is 23.2 Å². The Morgan fingerprint density at radius 1 is 1.03 bits per heavy atom. The van der Waals surface area contributed by atoms with Crippen molar-refractivity contribution >= 4 is 28.6 Å². The molecular weight excluding hydrogens is 454 g/mol. The lowest BCUT2D eigenvalue weighted by molar-refractivity contribution is -0.0300. The molecular formula is C25H36ClN5O3. The van der Waals surface area contributed by atoms with Gasteiger partial charge in [-0.3, -0.25) is 0 Å². The van der Waals surface area contributed by atoms with Gasteiger partial charge in [0.05, 0.1) is 25.1 Å². The highest BCUT2D eigenvalue weighted by Gasteiger charge is 2.71. The lowest BCUT2D eigenvalue weighted by atomic mass is 9.74. The highest BCUT2D eigenvalue weighted by Crippen LogP contribution is 2.67. The molecule has 4 aliphatic carbocycles. The van der Waals surface area contributed by atoms with E-state index < -0.39 is 23.7 Å². The van der Waals surface area contributed by atoms with E-state index in [1.54, 1.807) is 6.33 Å². The van der Waals surface area contributed by atoms with Gasteiger partial charge in [-0.2, -0.15) is 9.97 Å². The van der Waals surface area contributed by atoms with Gasteiger partial charge in [0.15, 0.2) is 17.0 Å². The van der Waals surface area contributed by atoms with Crippen molar-refractivity contribution in [3.8, 4) is 0 Å². The Kier molecular flexibility index (Phi) is 5.99. The summed E-state index contributed by atoms with van der Waals surface area (Å²) in [7, 11) is 0. The standard InChI is InChI=1S/C25H36ClN5O3/c26-24-29-22(28-17(14-7-3-1-4-8-14)15-9-5-2-6-10-15)18-23(30-24)31(13-27-18)19-16-11-25(16,12-32)21(34)20(19)33/h13-17,19-21,32-34H,1-12H2,(H,28,29,30)/t16-,19-,20+,21+,25+/m1/s1. The number of imidazole rings is 1. The molecule has 0 saturated heterocycles. The molecule has 34 heavy (non-hydrogen) atoms. The van der Waals surface area contributed by atoms with Crippen molar-refractivity contribution in [2.75, 3.05) is 11.9 Å². The summed E-state index contributed by atoms with van der Waals surface area (Å²) in [6.07, 6.45) is 13.3. The van der Waals surface area contributed by atoms with Crippen molar-refractivity contribution in [1.29, 1.82) is 0 Å². The number of nitrogens with zero attached hydrogens (tertiary/aromatic N) is 4. The zero-order valence-corrected chi connectivity index (χ0v) is 20.4. The third-order valence-corrected chi connectivity index (χ3v) is 9.65. The van der Waals surface area contributed by atoms with E-state index in [1.807, 2.05) is 4.57 Å². The van der Waals surface area contributed by atoms with E-state index in [4.69, 9.17) is 11.6 Å². The van der Waals surface area contributed by atoms with E-state index >= 15 is 0 Å². The number of hydrogen-bond donors (Lipinski definition) is 4.